The highest BCUT2D eigenvalue weighted by Crippen LogP contribution is 2.39. The molecule has 0 amide bonds. The van der Waals surface area contributed by atoms with E-state index in [4.69, 9.17) is 4.99 Å². The number of guanidine groups is 1. The van der Waals surface area contributed by atoms with E-state index in [0.717, 1.165) is 43.1 Å². The van der Waals surface area contributed by atoms with Crippen LogP contribution in [0.4, 0.5) is 11.4 Å². The summed E-state index contributed by atoms with van der Waals surface area (Å²) in [6, 6.07) is 27.2. The smallest absolute Gasteiger partial charge is 0.206 e. The van der Waals surface area contributed by atoms with Gasteiger partial charge in [-0.2, -0.15) is 5.26 Å². The third kappa shape index (κ3) is 3.59. The minimum atomic E-state index is 0. The van der Waals surface area contributed by atoms with Gasteiger partial charge < -0.3 is 9.80 Å². The fourth-order valence-corrected chi connectivity index (χ4v) is 4.19. The van der Waals surface area contributed by atoms with Crippen molar-refractivity contribution in [1.82, 2.24) is 0 Å². The maximum Gasteiger partial charge on any atom is 0.206 e. The van der Waals surface area contributed by atoms with E-state index < -0.39 is 0 Å². The second-order valence-corrected chi connectivity index (χ2v) is 7.47. The molecule has 0 atom stereocenters. The van der Waals surface area contributed by atoms with Crippen LogP contribution in [0.2, 0.25) is 0 Å². The molecule has 2 heterocycles. The van der Waals surface area contributed by atoms with E-state index in [1.54, 1.807) is 0 Å². The summed E-state index contributed by atoms with van der Waals surface area (Å²) in [6.07, 6.45) is 2.31. The average Bonchev–Trinajstić information content (AvgIpc) is 2.92. The Kier molecular flexibility index (Phi) is 5.87. The second-order valence-electron chi connectivity index (χ2n) is 7.47. The lowest BCUT2D eigenvalue weighted by molar-refractivity contribution is 0.776. The third-order valence-corrected chi connectivity index (χ3v) is 5.64. The van der Waals surface area contributed by atoms with Gasteiger partial charge in [0.05, 0.1) is 29.6 Å². The van der Waals surface area contributed by atoms with Crippen LogP contribution >= 0.6 is 17.0 Å². The first-order chi connectivity index (χ1) is 14.3. The van der Waals surface area contributed by atoms with E-state index >= 15 is 0 Å². The zero-order chi connectivity index (χ0) is 19.6. The van der Waals surface area contributed by atoms with Gasteiger partial charge in [-0.15, -0.1) is 17.0 Å². The Morgan fingerprint density at radius 2 is 1.60 bits per heavy atom. The minimum Gasteiger partial charge on any atom is -0.310 e. The molecule has 5 heteroatoms. The zero-order valence-corrected chi connectivity index (χ0v) is 18.4. The van der Waals surface area contributed by atoms with Gasteiger partial charge in [0.2, 0.25) is 5.96 Å². The maximum atomic E-state index is 9.38. The number of benzene rings is 3. The van der Waals surface area contributed by atoms with Crippen LogP contribution in [0.5, 0.6) is 0 Å². The van der Waals surface area contributed by atoms with Gasteiger partial charge in [-0.3, -0.25) is 4.99 Å². The van der Waals surface area contributed by atoms with E-state index in [2.05, 4.69) is 64.4 Å². The fourth-order valence-electron chi connectivity index (χ4n) is 4.19. The Morgan fingerprint density at radius 3 is 2.40 bits per heavy atom. The Hall–Kier alpha value is -3.10. The second kappa shape index (κ2) is 8.73. The zero-order valence-electron chi connectivity index (χ0n) is 16.7. The lowest BCUT2D eigenvalue weighted by atomic mass is 9.99. The van der Waals surface area contributed by atoms with Crippen LogP contribution in [0.15, 0.2) is 77.8 Å². The van der Waals surface area contributed by atoms with Crippen LogP contribution in [-0.2, 0) is 6.54 Å². The lowest BCUT2D eigenvalue weighted by Gasteiger charge is -2.22. The summed E-state index contributed by atoms with van der Waals surface area (Å²) < 4.78 is 0. The first-order valence-electron chi connectivity index (χ1n) is 10.1. The van der Waals surface area contributed by atoms with Crippen LogP contribution in [-0.4, -0.2) is 19.0 Å². The lowest BCUT2D eigenvalue weighted by Crippen LogP contribution is -2.38. The van der Waals surface area contributed by atoms with Crippen LogP contribution in [0.1, 0.15) is 24.0 Å². The van der Waals surface area contributed by atoms with E-state index in [0.29, 0.717) is 5.56 Å². The van der Waals surface area contributed by atoms with Crippen LogP contribution < -0.4 is 9.80 Å². The van der Waals surface area contributed by atoms with Gasteiger partial charge >= 0.3 is 0 Å². The number of hydrogen-bond acceptors (Lipinski definition) is 4. The standard InChI is InChI=1S/C25H22N4.BrH/c26-17-21-7-1-2-8-22(21)20-13-11-19(12-14-20)18-29-24-10-4-3-9-23(24)28-16-6-5-15-27-25(28)29;/h1-4,7-14H,5-6,15-16,18H2;1H. The third-order valence-electron chi connectivity index (χ3n) is 5.64. The minimum absolute atomic E-state index is 0. The van der Waals surface area contributed by atoms with Gasteiger partial charge in [0, 0.05) is 13.1 Å². The number of nitriles is 1. The van der Waals surface area contributed by atoms with E-state index in [9.17, 15) is 5.26 Å². The molecule has 150 valence electrons. The Bertz CT molecular complexity index is 1110. The van der Waals surface area contributed by atoms with Crippen molar-refractivity contribution < 1.29 is 0 Å². The largest absolute Gasteiger partial charge is 0.310 e. The fraction of sp³-hybridized carbons (Fsp3) is 0.200. The molecule has 0 saturated carbocycles. The molecular weight excluding hydrogens is 436 g/mol. The molecule has 0 aliphatic carbocycles. The molecule has 30 heavy (non-hydrogen) atoms. The molecule has 3 aromatic rings. The highest BCUT2D eigenvalue weighted by Gasteiger charge is 2.32. The first kappa shape index (κ1) is 20.2. The monoisotopic (exact) mass is 458 g/mol. The highest BCUT2D eigenvalue weighted by atomic mass is 79.9. The van der Waals surface area contributed by atoms with Gasteiger partial charge in [-0.25, -0.2) is 0 Å². The molecule has 5 rings (SSSR count). The van der Waals surface area contributed by atoms with Crippen LogP contribution in [0, 0.1) is 11.3 Å². The summed E-state index contributed by atoms with van der Waals surface area (Å²) in [5.41, 5.74) is 6.47. The summed E-state index contributed by atoms with van der Waals surface area (Å²) >= 11 is 0. The summed E-state index contributed by atoms with van der Waals surface area (Å²) in [4.78, 5) is 9.59. The first-order valence-corrected chi connectivity index (χ1v) is 10.1. The SMILES string of the molecule is Br.N#Cc1ccccc1-c1ccc(CN2C3=NCCCCN3c3ccccc32)cc1. The van der Waals surface area contributed by atoms with Crippen molar-refractivity contribution in [2.45, 2.75) is 19.4 Å². The van der Waals surface area contributed by atoms with Crippen LogP contribution in [0.25, 0.3) is 11.1 Å². The summed E-state index contributed by atoms with van der Waals surface area (Å²) in [5, 5.41) is 9.38. The predicted octanol–water partition coefficient (Wildman–Crippen LogP) is 5.78. The van der Waals surface area contributed by atoms with Gasteiger partial charge in [0.15, 0.2) is 0 Å². The van der Waals surface area contributed by atoms with Gasteiger partial charge in [0.1, 0.15) is 0 Å². The van der Waals surface area contributed by atoms with Crippen molar-refractivity contribution in [1.29, 1.82) is 5.26 Å². The number of para-hydroxylation sites is 2. The molecule has 0 unspecified atom stereocenters. The number of anilines is 2. The quantitative estimate of drug-likeness (QED) is 0.499. The topological polar surface area (TPSA) is 42.6 Å². The summed E-state index contributed by atoms with van der Waals surface area (Å²) in [6.45, 7) is 2.70. The molecule has 2 aliphatic heterocycles. The molecule has 0 aromatic heterocycles. The van der Waals surface area contributed by atoms with Crippen molar-refractivity contribution in [3.63, 3.8) is 0 Å². The summed E-state index contributed by atoms with van der Waals surface area (Å²) in [5.74, 6) is 1.07. The molecule has 0 spiro atoms. The Balaban J connectivity index is 0.00000218. The van der Waals surface area contributed by atoms with E-state index in [-0.39, 0.29) is 17.0 Å². The Labute approximate surface area is 187 Å². The summed E-state index contributed by atoms with van der Waals surface area (Å²) in [7, 11) is 0. The highest BCUT2D eigenvalue weighted by molar-refractivity contribution is 8.93. The van der Waals surface area contributed by atoms with Gasteiger partial charge in [-0.1, -0.05) is 54.6 Å². The van der Waals surface area contributed by atoms with Crippen molar-refractivity contribution in [3.05, 3.63) is 83.9 Å². The van der Waals surface area contributed by atoms with Crippen LogP contribution in [0.3, 0.4) is 0 Å². The van der Waals surface area contributed by atoms with E-state index in [1.165, 1.54) is 23.4 Å². The van der Waals surface area contributed by atoms with Crippen molar-refractivity contribution in [2.75, 3.05) is 22.9 Å². The number of aliphatic imine (C=N–C) groups is 1. The van der Waals surface area contributed by atoms with E-state index in [1.807, 2.05) is 24.3 Å². The number of halogens is 1. The van der Waals surface area contributed by atoms with Crippen molar-refractivity contribution >= 4 is 34.3 Å². The normalized spacial score (nSPS) is 14.7. The molecule has 0 bridgehead atoms. The molecular formula is C25H23BrN4. The molecule has 0 N–H and O–H groups in total. The predicted molar refractivity (Wildman–Crippen MR) is 128 cm³/mol. The number of hydrogen-bond donors (Lipinski definition) is 0. The molecule has 3 aromatic carbocycles. The Morgan fingerprint density at radius 1 is 0.867 bits per heavy atom. The number of nitrogens with zero attached hydrogens (tertiary/aromatic N) is 4. The van der Waals surface area contributed by atoms with Gasteiger partial charge in [0.25, 0.3) is 0 Å². The number of fused-ring (bicyclic) bond motifs is 3. The van der Waals surface area contributed by atoms with Crippen molar-refractivity contribution in [2.24, 2.45) is 4.99 Å². The molecule has 0 fully saturated rings. The van der Waals surface area contributed by atoms with Crippen molar-refractivity contribution in [3.8, 4) is 17.2 Å². The average molecular weight is 459 g/mol. The molecule has 0 saturated heterocycles. The number of rotatable bonds is 3. The maximum absolute atomic E-state index is 9.38. The van der Waals surface area contributed by atoms with Gasteiger partial charge in [-0.05, 0) is 47.7 Å². The molecule has 4 nitrogen and oxygen atoms in total. The molecule has 2 aliphatic rings. The molecule has 0 radical (unpaired) electrons.